The van der Waals surface area contributed by atoms with Crippen molar-refractivity contribution in [1.82, 2.24) is 4.90 Å². The Kier molecular flexibility index (Phi) is 7.81. The van der Waals surface area contributed by atoms with Gasteiger partial charge in [0, 0.05) is 42.4 Å². The predicted molar refractivity (Wildman–Crippen MR) is 117 cm³/mol. The Balaban J connectivity index is 2.50. The number of halogens is 1. The van der Waals surface area contributed by atoms with Crippen LogP contribution in [0.3, 0.4) is 0 Å². The zero-order valence-electron chi connectivity index (χ0n) is 18.3. The van der Waals surface area contributed by atoms with E-state index in [1.54, 1.807) is 24.0 Å². The summed E-state index contributed by atoms with van der Waals surface area (Å²) >= 11 is 6.30. The number of ether oxygens (including phenoxy) is 1. The Bertz CT molecular complexity index is 940. The van der Waals surface area contributed by atoms with E-state index in [4.69, 9.17) is 16.3 Å². The largest absolute Gasteiger partial charge is 0.443 e. The summed E-state index contributed by atoms with van der Waals surface area (Å²) in [6, 6.07) is 0. The number of nitrogens with zero attached hydrogens (tertiary/aromatic N) is 1. The molecule has 0 spiro atoms. The lowest BCUT2D eigenvalue weighted by Gasteiger charge is -2.35. The van der Waals surface area contributed by atoms with E-state index >= 15 is 0 Å². The van der Waals surface area contributed by atoms with Crippen LogP contribution in [-0.2, 0) is 19.1 Å². The third-order valence-corrected chi connectivity index (χ3v) is 5.61. The van der Waals surface area contributed by atoms with Crippen molar-refractivity contribution in [1.29, 1.82) is 0 Å². The summed E-state index contributed by atoms with van der Waals surface area (Å²) in [5.41, 5.74) is -0.129. The molecule has 0 aromatic carbocycles. The highest BCUT2D eigenvalue weighted by molar-refractivity contribution is 6.49. The van der Waals surface area contributed by atoms with Gasteiger partial charge in [-0.3, -0.25) is 14.4 Å². The van der Waals surface area contributed by atoms with E-state index in [0.29, 0.717) is 5.70 Å². The summed E-state index contributed by atoms with van der Waals surface area (Å²) < 4.78 is 5.05. The van der Waals surface area contributed by atoms with Crippen molar-refractivity contribution in [2.45, 2.75) is 46.3 Å². The van der Waals surface area contributed by atoms with E-state index < -0.39 is 29.2 Å². The van der Waals surface area contributed by atoms with Crippen molar-refractivity contribution in [3.05, 3.63) is 58.0 Å². The monoisotopic (exact) mass is 449 g/mol. The first-order valence-electron chi connectivity index (χ1n) is 9.97. The molecule has 0 bridgehead atoms. The van der Waals surface area contributed by atoms with Crippen molar-refractivity contribution in [3.63, 3.8) is 0 Å². The number of Topliss-reactive ketones (excluding diaryl/α,β-unsaturated/α-hetero) is 2. The van der Waals surface area contributed by atoms with Gasteiger partial charge < -0.3 is 19.8 Å². The summed E-state index contributed by atoms with van der Waals surface area (Å²) in [6.07, 6.45) is 8.14. The molecule has 168 valence electrons. The second kappa shape index (κ2) is 9.77. The van der Waals surface area contributed by atoms with Crippen LogP contribution in [0.2, 0.25) is 0 Å². The molecular formula is C23H28ClNO6. The molecule has 1 aliphatic heterocycles. The minimum absolute atomic E-state index is 0.0327. The van der Waals surface area contributed by atoms with Crippen LogP contribution in [0.5, 0.6) is 0 Å². The highest BCUT2D eigenvalue weighted by Gasteiger charge is 2.52. The Morgan fingerprint density at radius 1 is 1.29 bits per heavy atom. The zero-order chi connectivity index (χ0) is 23.5. The van der Waals surface area contributed by atoms with Gasteiger partial charge in [-0.05, 0) is 32.9 Å². The lowest BCUT2D eigenvalue weighted by atomic mass is 9.79. The molecule has 0 saturated heterocycles. The Hall–Kier alpha value is -2.48. The highest BCUT2D eigenvalue weighted by atomic mass is 35.5. The van der Waals surface area contributed by atoms with Crippen molar-refractivity contribution in [2.75, 3.05) is 13.2 Å². The summed E-state index contributed by atoms with van der Waals surface area (Å²) in [6.45, 7) is 7.87. The van der Waals surface area contributed by atoms with Gasteiger partial charge in [0.05, 0.1) is 17.7 Å². The fourth-order valence-corrected chi connectivity index (χ4v) is 3.65. The molecule has 1 aliphatic carbocycles. The molecule has 2 N–H and O–H groups in total. The number of carbonyl (C=O) groups is 3. The Morgan fingerprint density at radius 2 is 1.94 bits per heavy atom. The maximum absolute atomic E-state index is 13.1. The molecule has 0 radical (unpaired) electrons. The number of carbonyl (C=O) groups excluding carboxylic acids is 3. The molecule has 0 aromatic heterocycles. The number of hydrogen-bond donors (Lipinski definition) is 2. The maximum atomic E-state index is 13.1. The first-order valence-corrected chi connectivity index (χ1v) is 10.3. The van der Waals surface area contributed by atoms with Crippen molar-refractivity contribution in [3.8, 4) is 0 Å². The number of esters is 1. The van der Waals surface area contributed by atoms with Gasteiger partial charge in [-0.15, -0.1) is 0 Å². The van der Waals surface area contributed by atoms with E-state index in [0.717, 1.165) is 12.5 Å². The molecule has 0 amide bonds. The van der Waals surface area contributed by atoms with Crippen LogP contribution in [0.1, 0.15) is 34.6 Å². The molecule has 2 aliphatic rings. The first kappa shape index (κ1) is 24.8. The average molecular weight is 450 g/mol. The molecule has 3 atom stereocenters. The number of allylic oxidation sites excluding steroid dienone is 5. The van der Waals surface area contributed by atoms with Crippen LogP contribution < -0.4 is 0 Å². The van der Waals surface area contributed by atoms with Crippen LogP contribution >= 0.6 is 11.6 Å². The number of aliphatic hydroxyl groups excluding tert-OH is 2. The van der Waals surface area contributed by atoms with Gasteiger partial charge in [0.15, 0.2) is 0 Å². The SMILES string of the molecule is CC(=O)O[C@@]1(C)C(=O)C2=CN(CCO)C(/C=C/C(C)=C/[C@@H](C)[C@@H](C)O)=CC2=C(Cl)C1=O. The van der Waals surface area contributed by atoms with E-state index in [9.17, 15) is 24.6 Å². The van der Waals surface area contributed by atoms with E-state index in [-0.39, 0.29) is 35.2 Å². The molecular weight excluding hydrogens is 422 g/mol. The number of aliphatic hydroxyl groups is 2. The smallest absolute Gasteiger partial charge is 0.304 e. The molecule has 2 rings (SSSR count). The van der Waals surface area contributed by atoms with Crippen LogP contribution in [0, 0.1) is 5.92 Å². The molecule has 1 heterocycles. The molecule has 8 heteroatoms. The van der Waals surface area contributed by atoms with Gasteiger partial charge in [-0.2, -0.15) is 0 Å². The highest BCUT2D eigenvalue weighted by Crippen LogP contribution is 2.39. The molecule has 0 saturated carbocycles. The number of rotatable bonds is 7. The fourth-order valence-electron chi connectivity index (χ4n) is 3.31. The number of fused-ring (bicyclic) bond motifs is 1. The summed E-state index contributed by atoms with van der Waals surface area (Å²) in [4.78, 5) is 38.9. The molecule has 0 unspecified atom stereocenters. The van der Waals surface area contributed by atoms with Gasteiger partial charge in [0.1, 0.15) is 0 Å². The number of ketones is 2. The van der Waals surface area contributed by atoms with Crippen molar-refractivity contribution < 1.29 is 29.3 Å². The molecule has 0 fully saturated rings. The molecule has 7 nitrogen and oxygen atoms in total. The number of β-amino-alcohol motifs (C(OH)–C–C–N with tert-alkyl or cyclic N) is 1. The lowest BCUT2D eigenvalue weighted by molar-refractivity contribution is -0.167. The summed E-state index contributed by atoms with van der Waals surface area (Å²) in [5.74, 6) is -2.25. The molecule has 0 aromatic rings. The Morgan fingerprint density at radius 3 is 2.48 bits per heavy atom. The summed E-state index contributed by atoms with van der Waals surface area (Å²) in [5, 5.41) is 18.9. The van der Waals surface area contributed by atoms with Crippen LogP contribution in [-0.4, -0.2) is 57.5 Å². The second-order valence-corrected chi connectivity index (χ2v) is 8.26. The van der Waals surface area contributed by atoms with Gasteiger partial charge in [-0.25, -0.2) is 0 Å². The minimum Gasteiger partial charge on any atom is -0.443 e. The van der Waals surface area contributed by atoms with E-state index in [1.807, 2.05) is 26.0 Å². The second-order valence-electron chi connectivity index (χ2n) is 7.89. The fraction of sp³-hybridized carbons (Fsp3) is 0.435. The van der Waals surface area contributed by atoms with Gasteiger partial charge in [0.2, 0.25) is 17.2 Å². The summed E-state index contributed by atoms with van der Waals surface area (Å²) in [7, 11) is 0. The average Bonchev–Trinajstić information content (AvgIpc) is 2.69. The predicted octanol–water partition coefficient (Wildman–Crippen LogP) is 2.55. The maximum Gasteiger partial charge on any atom is 0.304 e. The number of hydrogen-bond acceptors (Lipinski definition) is 7. The van der Waals surface area contributed by atoms with Crippen molar-refractivity contribution >= 4 is 29.1 Å². The van der Waals surface area contributed by atoms with E-state index in [1.165, 1.54) is 13.1 Å². The van der Waals surface area contributed by atoms with Crippen LogP contribution in [0.4, 0.5) is 0 Å². The van der Waals surface area contributed by atoms with Gasteiger partial charge >= 0.3 is 5.97 Å². The normalized spacial score (nSPS) is 24.1. The van der Waals surface area contributed by atoms with Gasteiger partial charge in [-0.1, -0.05) is 36.2 Å². The quantitative estimate of drug-likeness (QED) is 0.349. The van der Waals surface area contributed by atoms with Crippen LogP contribution in [0.25, 0.3) is 0 Å². The minimum atomic E-state index is -2.03. The zero-order valence-corrected chi connectivity index (χ0v) is 19.1. The topological polar surface area (TPSA) is 104 Å². The standard InChI is InChI=1S/C23H28ClNO6/c1-13(10-14(2)15(3)27)6-7-17-11-18-19(12-25(17)8-9-26)21(29)23(5,31-16(4)28)22(30)20(18)24/h6-7,10-12,14-15,26-27H,8-9H2,1-5H3/b7-6+,13-10+/t14-,15-,23+/m1/s1. The lowest BCUT2D eigenvalue weighted by Crippen LogP contribution is -2.52. The van der Waals surface area contributed by atoms with Gasteiger partial charge in [0.25, 0.3) is 0 Å². The van der Waals surface area contributed by atoms with Crippen LogP contribution in [0.15, 0.2) is 58.0 Å². The Labute approximate surface area is 187 Å². The van der Waals surface area contributed by atoms with Crippen molar-refractivity contribution in [2.24, 2.45) is 5.92 Å². The molecule has 31 heavy (non-hydrogen) atoms. The first-order chi connectivity index (χ1) is 14.4. The third kappa shape index (κ3) is 5.23. The van der Waals surface area contributed by atoms with E-state index in [2.05, 4.69) is 0 Å². The third-order valence-electron chi connectivity index (χ3n) is 5.24.